The van der Waals surface area contributed by atoms with Crippen molar-refractivity contribution in [3.05, 3.63) is 88.0 Å². The van der Waals surface area contributed by atoms with Crippen LogP contribution in [0.3, 0.4) is 0 Å². The van der Waals surface area contributed by atoms with E-state index in [1.807, 2.05) is 42.6 Å². The van der Waals surface area contributed by atoms with Crippen molar-refractivity contribution >= 4 is 28.8 Å². The van der Waals surface area contributed by atoms with E-state index in [4.69, 9.17) is 16.6 Å². The second kappa shape index (κ2) is 7.92. The van der Waals surface area contributed by atoms with Gasteiger partial charge in [0.25, 0.3) is 0 Å². The number of carbonyl (C=O) groups is 1. The first-order valence-corrected chi connectivity index (χ1v) is 10.00. The minimum absolute atomic E-state index is 0.113. The predicted octanol–water partition coefficient (Wildman–Crippen LogP) is 5.90. The van der Waals surface area contributed by atoms with Crippen molar-refractivity contribution in [1.29, 1.82) is 0 Å². The quantitative estimate of drug-likeness (QED) is 0.446. The number of pyridine rings is 1. The van der Waals surface area contributed by atoms with Crippen LogP contribution in [0.2, 0.25) is 5.02 Å². The highest BCUT2D eigenvalue weighted by molar-refractivity contribution is 6.31. The van der Waals surface area contributed by atoms with Crippen LogP contribution in [0, 0.1) is 26.6 Å². The highest BCUT2D eigenvalue weighted by Gasteiger charge is 2.18. The summed E-state index contributed by atoms with van der Waals surface area (Å²) in [6.07, 6.45) is 2.07. The first-order valence-electron chi connectivity index (χ1n) is 9.62. The third kappa shape index (κ3) is 3.94. The maximum atomic E-state index is 13.8. The lowest BCUT2D eigenvalue weighted by molar-refractivity contribution is -0.115. The van der Waals surface area contributed by atoms with Crippen LogP contribution in [-0.2, 0) is 11.2 Å². The summed E-state index contributed by atoms with van der Waals surface area (Å²) in [4.78, 5) is 17.6. The van der Waals surface area contributed by atoms with Gasteiger partial charge in [-0.25, -0.2) is 9.37 Å². The first-order chi connectivity index (χ1) is 14.3. The van der Waals surface area contributed by atoms with Gasteiger partial charge in [0.15, 0.2) is 0 Å². The van der Waals surface area contributed by atoms with Crippen LogP contribution < -0.4 is 5.32 Å². The van der Waals surface area contributed by atoms with E-state index < -0.39 is 0 Å². The van der Waals surface area contributed by atoms with Gasteiger partial charge >= 0.3 is 0 Å². The van der Waals surface area contributed by atoms with E-state index in [1.54, 1.807) is 31.2 Å². The summed E-state index contributed by atoms with van der Waals surface area (Å²) in [6.45, 7) is 5.61. The van der Waals surface area contributed by atoms with Gasteiger partial charge in [-0.2, -0.15) is 0 Å². The lowest BCUT2D eigenvalue weighted by atomic mass is 10.1. The molecule has 6 heteroatoms. The lowest BCUT2D eigenvalue weighted by Gasteiger charge is -2.10. The molecule has 0 bridgehead atoms. The average Bonchev–Trinajstić information content (AvgIpc) is 3.04. The highest BCUT2D eigenvalue weighted by atomic mass is 35.5. The van der Waals surface area contributed by atoms with E-state index in [0.29, 0.717) is 22.0 Å². The Bertz CT molecular complexity index is 1280. The molecule has 0 aliphatic rings. The average molecular weight is 422 g/mol. The van der Waals surface area contributed by atoms with Crippen molar-refractivity contribution in [2.75, 3.05) is 5.32 Å². The number of hydrogen-bond donors (Lipinski definition) is 1. The molecule has 152 valence electrons. The van der Waals surface area contributed by atoms with Crippen LogP contribution in [-0.4, -0.2) is 15.3 Å². The van der Waals surface area contributed by atoms with Crippen LogP contribution in [0.15, 0.2) is 54.7 Å². The summed E-state index contributed by atoms with van der Waals surface area (Å²) in [6, 6.07) is 14.2. The monoisotopic (exact) mass is 421 g/mol. The molecule has 4 nitrogen and oxygen atoms in total. The number of nitrogens with one attached hydrogen (secondary N) is 1. The number of halogens is 2. The molecule has 0 unspecified atom stereocenters. The number of anilines is 1. The standard InChI is InChI=1S/C24H21ClFN3O/c1-14-4-9-22-28-24(17-6-8-19(26)16(3)10-17)21(29(22)13-14)12-23(30)27-20-11-18(25)7-5-15(20)2/h4-11,13H,12H2,1-3H3,(H,27,30). The van der Waals surface area contributed by atoms with Crippen LogP contribution in [0.4, 0.5) is 10.1 Å². The predicted molar refractivity (Wildman–Crippen MR) is 119 cm³/mol. The number of fused-ring (bicyclic) bond motifs is 1. The van der Waals surface area contributed by atoms with Gasteiger partial charge in [0, 0.05) is 22.5 Å². The number of hydrogen-bond acceptors (Lipinski definition) is 2. The Hall–Kier alpha value is -3.18. The van der Waals surface area contributed by atoms with Crippen molar-refractivity contribution < 1.29 is 9.18 Å². The molecular weight excluding hydrogens is 401 g/mol. The summed E-state index contributed by atoms with van der Waals surface area (Å²) in [5.74, 6) is -0.446. The second-order valence-corrected chi connectivity index (χ2v) is 7.93. The third-order valence-corrected chi connectivity index (χ3v) is 5.33. The van der Waals surface area contributed by atoms with E-state index in [0.717, 1.165) is 28.0 Å². The molecule has 0 saturated heterocycles. The van der Waals surface area contributed by atoms with Gasteiger partial charge in [-0.15, -0.1) is 0 Å². The number of imidazole rings is 1. The fourth-order valence-electron chi connectivity index (χ4n) is 3.47. The molecule has 2 aromatic heterocycles. The molecule has 1 amide bonds. The number of carbonyl (C=O) groups excluding carboxylic acids is 1. The number of amides is 1. The number of aryl methyl sites for hydroxylation is 3. The van der Waals surface area contributed by atoms with Gasteiger partial charge in [0.1, 0.15) is 11.5 Å². The third-order valence-electron chi connectivity index (χ3n) is 5.10. The number of nitrogens with zero attached hydrogens (tertiary/aromatic N) is 2. The zero-order valence-electron chi connectivity index (χ0n) is 17.0. The van der Waals surface area contributed by atoms with Gasteiger partial charge in [-0.05, 0) is 73.9 Å². The minimum atomic E-state index is -0.269. The Morgan fingerprint density at radius 1 is 1.07 bits per heavy atom. The summed E-state index contributed by atoms with van der Waals surface area (Å²) >= 11 is 6.08. The Kier molecular flexibility index (Phi) is 5.31. The Balaban J connectivity index is 1.76. The van der Waals surface area contributed by atoms with Gasteiger partial charge < -0.3 is 9.72 Å². The molecule has 0 aliphatic carbocycles. The molecule has 2 aromatic carbocycles. The molecule has 0 fully saturated rings. The first kappa shape index (κ1) is 20.1. The van der Waals surface area contributed by atoms with Gasteiger partial charge in [-0.3, -0.25) is 4.79 Å². The maximum Gasteiger partial charge on any atom is 0.230 e. The summed E-state index contributed by atoms with van der Waals surface area (Å²) in [5, 5.41) is 3.50. The Morgan fingerprint density at radius 2 is 1.87 bits per heavy atom. The van der Waals surface area contributed by atoms with E-state index in [1.165, 1.54) is 6.07 Å². The second-order valence-electron chi connectivity index (χ2n) is 7.49. The number of benzene rings is 2. The normalized spacial score (nSPS) is 11.1. The van der Waals surface area contributed by atoms with Crippen molar-refractivity contribution in [1.82, 2.24) is 9.38 Å². The molecule has 2 heterocycles. The topological polar surface area (TPSA) is 46.4 Å². The summed E-state index contributed by atoms with van der Waals surface area (Å²) < 4.78 is 15.7. The molecule has 0 spiro atoms. The molecule has 0 aliphatic heterocycles. The van der Waals surface area contributed by atoms with E-state index >= 15 is 0 Å². The Morgan fingerprint density at radius 3 is 2.63 bits per heavy atom. The minimum Gasteiger partial charge on any atom is -0.325 e. The van der Waals surface area contributed by atoms with Gasteiger partial charge in [0.05, 0.1) is 17.8 Å². The lowest BCUT2D eigenvalue weighted by Crippen LogP contribution is -2.16. The fraction of sp³-hybridized carbons (Fsp3) is 0.167. The summed E-state index contributed by atoms with van der Waals surface area (Å²) in [5.41, 5.74) is 6.11. The van der Waals surface area contributed by atoms with Crippen LogP contribution in [0.25, 0.3) is 16.9 Å². The van der Waals surface area contributed by atoms with Crippen LogP contribution in [0.1, 0.15) is 22.4 Å². The fourth-order valence-corrected chi connectivity index (χ4v) is 3.64. The molecule has 0 radical (unpaired) electrons. The zero-order chi connectivity index (χ0) is 21.4. The SMILES string of the molecule is Cc1ccc2nc(-c3ccc(F)c(C)c3)c(CC(=O)Nc3cc(Cl)ccc3C)n2c1. The number of rotatable bonds is 4. The van der Waals surface area contributed by atoms with E-state index in [2.05, 4.69) is 5.32 Å². The molecule has 4 aromatic rings. The van der Waals surface area contributed by atoms with Gasteiger partial charge in [-0.1, -0.05) is 23.7 Å². The van der Waals surface area contributed by atoms with Crippen molar-refractivity contribution in [3.63, 3.8) is 0 Å². The molecular formula is C24H21ClFN3O. The molecule has 30 heavy (non-hydrogen) atoms. The van der Waals surface area contributed by atoms with E-state index in [-0.39, 0.29) is 18.1 Å². The molecule has 1 N–H and O–H groups in total. The molecule has 0 saturated carbocycles. The largest absolute Gasteiger partial charge is 0.325 e. The Labute approximate surface area is 179 Å². The zero-order valence-corrected chi connectivity index (χ0v) is 17.7. The molecule has 4 rings (SSSR count). The van der Waals surface area contributed by atoms with E-state index in [9.17, 15) is 9.18 Å². The van der Waals surface area contributed by atoms with Crippen molar-refractivity contribution in [3.8, 4) is 11.3 Å². The maximum absolute atomic E-state index is 13.8. The van der Waals surface area contributed by atoms with Crippen LogP contribution in [0.5, 0.6) is 0 Å². The van der Waals surface area contributed by atoms with Crippen molar-refractivity contribution in [2.45, 2.75) is 27.2 Å². The van der Waals surface area contributed by atoms with Gasteiger partial charge in [0.2, 0.25) is 5.91 Å². The van der Waals surface area contributed by atoms with Crippen molar-refractivity contribution in [2.24, 2.45) is 0 Å². The number of aromatic nitrogens is 2. The van der Waals surface area contributed by atoms with Crippen LogP contribution >= 0.6 is 11.6 Å². The molecule has 0 atom stereocenters. The highest BCUT2D eigenvalue weighted by Crippen LogP contribution is 2.28. The summed E-state index contributed by atoms with van der Waals surface area (Å²) in [7, 11) is 0. The smallest absolute Gasteiger partial charge is 0.230 e.